The Labute approximate surface area is 144 Å². The number of aromatic amines is 1. The lowest BCUT2D eigenvalue weighted by atomic mass is 10.1. The summed E-state index contributed by atoms with van der Waals surface area (Å²) in [6, 6.07) is 18.9. The van der Waals surface area contributed by atoms with E-state index >= 15 is 0 Å². The largest absolute Gasteiger partial charge is 0.337 e. The number of carbonyl (C=O) groups excluding carboxylic acids is 1. The highest BCUT2D eigenvalue weighted by atomic mass is 16.1. The first-order valence-corrected chi connectivity index (χ1v) is 7.99. The predicted octanol–water partition coefficient (Wildman–Crippen LogP) is 4.19. The summed E-state index contributed by atoms with van der Waals surface area (Å²) in [6.45, 7) is 1.96. The minimum absolute atomic E-state index is 0.148. The van der Waals surface area contributed by atoms with Gasteiger partial charge in [0, 0.05) is 17.3 Å². The molecular weight excluding hydrogens is 312 g/mol. The number of nitrogens with zero attached hydrogens (tertiary/aromatic N) is 2. The zero-order chi connectivity index (χ0) is 17.2. The molecule has 0 atom stereocenters. The number of hydrogen-bond donors (Lipinski definition) is 2. The molecule has 0 fully saturated rings. The number of para-hydroxylation sites is 1. The molecule has 4 rings (SSSR count). The molecule has 0 saturated carbocycles. The summed E-state index contributed by atoms with van der Waals surface area (Å²) in [6.07, 6.45) is 1.71. The molecule has 2 aromatic heterocycles. The van der Waals surface area contributed by atoms with Crippen LogP contribution in [-0.2, 0) is 0 Å². The summed E-state index contributed by atoms with van der Waals surface area (Å²) in [5.41, 5.74) is 4.70. The molecule has 2 N–H and O–H groups in total. The molecule has 5 heteroatoms. The van der Waals surface area contributed by atoms with Crippen molar-refractivity contribution in [3.63, 3.8) is 0 Å². The van der Waals surface area contributed by atoms with Gasteiger partial charge in [0.25, 0.3) is 5.91 Å². The van der Waals surface area contributed by atoms with Gasteiger partial charge in [0.05, 0.1) is 11.2 Å². The van der Waals surface area contributed by atoms with Crippen LogP contribution in [0.2, 0.25) is 0 Å². The third-order valence-electron chi connectivity index (χ3n) is 3.97. The minimum Gasteiger partial charge on any atom is -0.337 e. The first-order chi connectivity index (χ1) is 12.2. The zero-order valence-corrected chi connectivity index (χ0v) is 13.7. The van der Waals surface area contributed by atoms with E-state index in [1.165, 1.54) is 0 Å². The monoisotopic (exact) mass is 328 g/mol. The summed E-state index contributed by atoms with van der Waals surface area (Å²) in [5.74, 6) is 0.527. The lowest BCUT2D eigenvalue weighted by Crippen LogP contribution is -2.12. The number of aromatic nitrogens is 3. The van der Waals surface area contributed by atoms with Gasteiger partial charge in [-0.2, -0.15) is 0 Å². The second-order valence-corrected chi connectivity index (χ2v) is 5.83. The number of amides is 1. The number of hydrogen-bond acceptors (Lipinski definition) is 3. The van der Waals surface area contributed by atoms with Crippen LogP contribution in [0.5, 0.6) is 0 Å². The quantitative estimate of drug-likeness (QED) is 0.592. The van der Waals surface area contributed by atoms with E-state index < -0.39 is 0 Å². The predicted molar refractivity (Wildman–Crippen MR) is 98.5 cm³/mol. The average molecular weight is 328 g/mol. The molecule has 0 aliphatic rings. The second kappa shape index (κ2) is 6.20. The van der Waals surface area contributed by atoms with Crippen molar-refractivity contribution in [1.29, 1.82) is 0 Å². The van der Waals surface area contributed by atoms with Crippen molar-refractivity contribution in [3.05, 3.63) is 78.0 Å². The van der Waals surface area contributed by atoms with Gasteiger partial charge in [0.15, 0.2) is 5.65 Å². The molecule has 0 aliphatic carbocycles. The molecular formula is C20H16N4O. The average Bonchev–Trinajstić information content (AvgIpc) is 3.06. The number of H-pyrrole nitrogens is 1. The lowest BCUT2D eigenvalue weighted by Gasteiger charge is -2.10. The maximum atomic E-state index is 12.6. The number of rotatable bonds is 3. The number of fused-ring (bicyclic) bond motifs is 1. The molecule has 5 nitrogen and oxygen atoms in total. The first-order valence-electron chi connectivity index (χ1n) is 7.99. The summed E-state index contributed by atoms with van der Waals surface area (Å²) < 4.78 is 0. The summed E-state index contributed by atoms with van der Waals surface area (Å²) in [7, 11) is 0. The fourth-order valence-electron chi connectivity index (χ4n) is 2.75. The normalized spacial score (nSPS) is 10.8. The van der Waals surface area contributed by atoms with Crippen LogP contribution in [0.15, 0.2) is 66.9 Å². The van der Waals surface area contributed by atoms with Gasteiger partial charge >= 0.3 is 0 Å². The van der Waals surface area contributed by atoms with Gasteiger partial charge < -0.3 is 10.3 Å². The van der Waals surface area contributed by atoms with E-state index in [0.717, 1.165) is 16.6 Å². The third kappa shape index (κ3) is 2.99. The molecule has 25 heavy (non-hydrogen) atoms. The van der Waals surface area contributed by atoms with Gasteiger partial charge in [-0.15, -0.1) is 0 Å². The minimum atomic E-state index is -0.148. The molecule has 122 valence electrons. The molecule has 1 amide bonds. The van der Waals surface area contributed by atoms with Crippen molar-refractivity contribution in [2.45, 2.75) is 6.92 Å². The smallest absolute Gasteiger partial charge is 0.255 e. The third-order valence-corrected chi connectivity index (χ3v) is 3.97. The summed E-state index contributed by atoms with van der Waals surface area (Å²) in [5, 5.41) is 2.98. The van der Waals surface area contributed by atoms with Crippen LogP contribution in [0, 0.1) is 6.92 Å². The van der Waals surface area contributed by atoms with Crippen LogP contribution in [-0.4, -0.2) is 20.9 Å². The second-order valence-electron chi connectivity index (χ2n) is 5.83. The molecule has 2 heterocycles. The molecule has 0 spiro atoms. The van der Waals surface area contributed by atoms with Gasteiger partial charge in [-0.3, -0.25) is 4.79 Å². The van der Waals surface area contributed by atoms with Crippen molar-refractivity contribution >= 4 is 22.8 Å². The highest BCUT2D eigenvalue weighted by Crippen LogP contribution is 2.27. The highest BCUT2D eigenvalue weighted by molar-refractivity contribution is 6.06. The van der Waals surface area contributed by atoms with E-state index in [2.05, 4.69) is 20.3 Å². The van der Waals surface area contributed by atoms with Crippen molar-refractivity contribution in [3.8, 4) is 11.4 Å². The standard InChI is InChI=1S/C20H16N4O/c1-13-6-4-7-14(12-13)20(25)23-16-9-3-2-8-15(16)18-22-17-10-5-11-21-19(17)24-18/h2-12H,1H3,(H,23,25)(H,21,22,24). The molecule has 0 saturated heterocycles. The summed E-state index contributed by atoms with van der Waals surface area (Å²) >= 11 is 0. The van der Waals surface area contributed by atoms with E-state index in [1.54, 1.807) is 12.3 Å². The molecule has 0 bridgehead atoms. The Morgan fingerprint density at radius 2 is 1.92 bits per heavy atom. The van der Waals surface area contributed by atoms with Crippen LogP contribution < -0.4 is 5.32 Å². The van der Waals surface area contributed by atoms with Gasteiger partial charge in [-0.1, -0.05) is 29.8 Å². The van der Waals surface area contributed by atoms with E-state index in [4.69, 9.17) is 0 Å². The highest BCUT2D eigenvalue weighted by Gasteiger charge is 2.13. The Hall–Kier alpha value is -3.47. The van der Waals surface area contributed by atoms with E-state index in [0.29, 0.717) is 22.7 Å². The Morgan fingerprint density at radius 3 is 2.76 bits per heavy atom. The molecule has 0 unspecified atom stereocenters. The van der Waals surface area contributed by atoms with Crippen LogP contribution in [0.1, 0.15) is 15.9 Å². The van der Waals surface area contributed by atoms with E-state index in [9.17, 15) is 4.79 Å². The number of pyridine rings is 1. The lowest BCUT2D eigenvalue weighted by molar-refractivity contribution is 0.102. The Balaban J connectivity index is 1.70. The van der Waals surface area contributed by atoms with Crippen molar-refractivity contribution in [1.82, 2.24) is 15.0 Å². The topological polar surface area (TPSA) is 70.7 Å². The van der Waals surface area contributed by atoms with E-state index in [1.807, 2.05) is 61.5 Å². The van der Waals surface area contributed by atoms with Crippen molar-refractivity contribution in [2.24, 2.45) is 0 Å². The molecule has 0 radical (unpaired) electrons. The fourth-order valence-corrected chi connectivity index (χ4v) is 2.75. The number of aryl methyl sites for hydroxylation is 1. The molecule has 2 aromatic carbocycles. The Morgan fingerprint density at radius 1 is 1.04 bits per heavy atom. The van der Waals surface area contributed by atoms with Crippen molar-refractivity contribution < 1.29 is 4.79 Å². The fraction of sp³-hybridized carbons (Fsp3) is 0.0500. The maximum Gasteiger partial charge on any atom is 0.255 e. The SMILES string of the molecule is Cc1cccc(C(=O)Nc2ccccc2-c2nc3ncccc3[nH]2)c1. The van der Waals surface area contributed by atoms with E-state index in [-0.39, 0.29) is 5.91 Å². The Kier molecular flexibility index (Phi) is 3.74. The first kappa shape index (κ1) is 15.1. The van der Waals surface area contributed by atoms with Gasteiger partial charge in [-0.05, 0) is 43.3 Å². The van der Waals surface area contributed by atoms with Crippen LogP contribution >= 0.6 is 0 Å². The number of nitrogens with one attached hydrogen (secondary N) is 2. The molecule has 4 aromatic rings. The van der Waals surface area contributed by atoms with Crippen LogP contribution in [0.3, 0.4) is 0 Å². The molecule has 0 aliphatic heterocycles. The van der Waals surface area contributed by atoms with Crippen molar-refractivity contribution in [2.75, 3.05) is 5.32 Å². The maximum absolute atomic E-state index is 12.6. The number of imidazole rings is 1. The number of carbonyl (C=O) groups is 1. The van der Waals surface area contributed by atoms with Gasteiger partial charge in [-0.25, -0.2) is 9.97 Å². The van der Waals surface area contributed by atoms with Crippen LogP contribution in [0.4, 0.5) is 5.69 Å². The Bertz CT molecular complexity index is 1030. The van der Waals surface area contributed by atoms with Gasteiger partial charge in [0.1, 0.15) is 5.82 Å². The zero-order valence-electron chi connectivity index (χ0n) is 13.7. The van der Waals surface area contributed by atoms with Crippen LogP contribution in [0.25, 0.3) is 22.6 Å². The number of benzene rings is 2. The number of anilines is 1. The summed E-state index contributed by atoms with van der Waals surface area (Å²) in [4.78, 5) is 24.6. The van der Waals surface area contributed by atoms with Gasteiger partial charge in [0.2, 0.25) is 0 Å².